The summed E-state index contributed by atoms with van der Waals surface area (Å²) in [6.07, 6.45) is 8.67. The summed E-state index contributed by atoms with van der Waals surface area (Å²) >= 11 is 8.33. The van der Waals surface area contributed by atoms with Crippen molar-refractivity contribution in [2.45, 2.75) is 45.1 Å². The first kappa shape index (κ1) is 15.2. The number of benzene rings is 1. The van der Waals surface area contributed by atoms with Crippen LogP contribution in [0, 0.1) is 10.5 Å². The van der Waals surface area contributed by atoms with E-state index in [2.05, 4.69) is 50.6 Å². The van der Waals surface area contributed by atoms with E-state index in [9.17, 15) is 0 Å². The van der Waals surface area contributed by atoms with Crippen molar-refractivity contribution >= 4 is 45.8 Å². The molecular formula is C16H19ClIN3. The molecule has 1 saturated carbocycles. The van der Waals surface area contributed by atoms with Crippen molar-refractivity contribution in [1.82, 2.24) is 9.55 Å². The lowest BCUT2D eigenvalue weighted by atomic mass is 9.95. The summed E-state index contributed by atoms with van der Waals surface area (Å²) in [6.45, 7) is 2.05. The highest BCUT2D eigenvalue weighted by atomic mass is 127. The molecule has 0 unspecified atom stereocenters. The minimum absolute atomic E-state index is 0.576. The topological polar surface area (TPSA) is 29.9 Å². The molecule has 0 atom stereocenters. The molecule has 2 aromatic rings. The van der Waals surface area contributed by atoms with Gasteiger partial charge in [0.2, 0.25) is 5.95 Å². The third-order valence-corrected chi connectivity index (χ3v) is 5.13. The van der Waals surface area contributed by atoms with Gasteiger partial charge in [-0.2, -0.15) is 0 Å². The van der Waals surface area contributed by atoms with Crippen molar-refractivity contribution in [1.29, 1.82) is 0 Å². The number of halogens is 2. The monoisotopic (exact) mass is 415 g/mol. The maximum absolute atomic E-state index is 6.02. The zero-order valence-corrected chi connectivity index (χ0v) is 15.0. The Balaban J connectivity index is 1.87. The minimum atomic E-state index is 0.576. The third kappa shape index (κ3) is 3.54. The summed E-state index contributed by atoms with van der Waals surface area (Å²) in [5.41, 5.74) is 2.12. The highest BCUT2D eigenvalue weighted by Crippen LogP contribution is 2.32. The van der Waals surface area contributed by atoms with E-state index < -0.39 is 0 Å². The summed E-state index contributed by atoms with van der Waals surface area (Å²) in [7, 11) is 0. The van der Waals surface area contributed by atoms with E-state index in [0.29, 0.717) is 6.04 Å². The molecule has 1 aromatic heterocycles. The highest BCUT2D eigenvalue weighted by molar-refractivity contribution is 14.1. The van der Waals surface area contributed by atoms with Crippen LogP contribution < -0.4 is 5.32 Å². The maximum atomic E-state index is 6.02. The van der Waals surface area contributed by atoms with E-state index in [0.717, 1.165) is 25.9 Å². The number of nitrogens with zero attached hydrogens (tertiary/aromatic N) is 2. The number of nitrogens with one attached hydrogen (secondary N) is 1. The van der Waals surface area contributed by atoms with Crippen LogP contribution in [0.15, 0.2) is 24.4 Å². The van der Waals surface area contributed by atoms with Crippen molar-refractivity contribution in [3.63, 3.8) is 0 Å². The van der Waals surface area contributed by atoms with Gasteiger partial charge in [-0.1, -0.05) is 30.9 Å². The quantitative estimate of drug-likeness (QED) is 0.652. The molecule has 0 amide bonds. The summed E-state index contributed by atoms with van der Waals surface area (Å²) in [5, 5.41) is 4.23. The molecule has 1 fully saturated rings. The van der Waals surface area contributed by atoms with Crippen LogP contribution in [0.5, 0.6) is 0 Å². The smallest absolute Gasteiger partial charge is 0.207 e. The van der Waals surface area contributed by atoms with E-state index >= 15 is 0 Å². The number of aromatic nitrogens is 2. The van der Waals surface area contributed by atoms with Gasteiger partial charge in [-0.15, -0.1) is 0 Å². The third-order valence-electron chi connectivity index (χ3n) is 4.00. The molecule has 1 aromatic carbocycles. The average Bonchev–Trinajstić information content (AvgIpc) is 2.84. The molecule has 1 aliphatic rings. The van der Waals surface area contributed by atoms with Crippen molar-refractivity contribution in [2.75, 3.05) is 5.32 Å². The lowest BCUT2D eigenvalue weighted by molar-refractivity contribution is 0.356. The van der Waals surface area contributed by atoms with Gasteiger partial charge in [-0.25, -0.2) is 4.98 Å². The Morgan fingerprint density at radius 2 is 2.05 bits per heavy atom. The van der Waals surface area contributed by atoms with Crippen LogP contribution in [0.3, 0.4) is 0 Å². The molecule has 1 N–H and O–H groups in total. The van der Waals surface area contributed by atoms with Crippen LogP contribution in [-0.2, 0) is 0 Å². The molecule has 0 spiro atoms. The van der Waals surface area contributed by atoms with Crippen molar-refractivity contribution in [3.8, 4) is 0 Å². The molecule has 1 heterocycles. The lowest BCUT2D eigenvalue weighted by Crippen LogP contribution is -2.14. The van der Waals surface area contributed by atoms with Gasteiger partial charge < -0.3 is 9.88 Å². The predicted molar refractivity (Wildman–Crippen MR) is 96.5 cm³/mol. The molecular weight excluding hydrogens is 397 g/mol. The molecule has 3 nitrogen and oxygen atoms in total. The number of hydrogen-bond donors (Lipinski definition) is 1. The first-order chi connectivity index (χ1) is 10.1. The predicted octanol–water partition coefficient (Wildman–Crippen LogP) is 5.70. The van der Waals surface area contributed by atoms with Gasteiger partial charge in [0.1, 0.15) is 0 Å². The largest absolute Gasteiger partial charge is 0.325 e. The number of imidazole rings is 1. The molecule has 0 radical (unpaired) electrons. The number of aryl methyl sites for hydroxylation is 1. The molecule has 112 valence electrons. The molecule has 0 saturated heterocycles. The Bertz CT molecular complexity index is 632. The number of anilines is 2. The van der Waals surface area contributed by atoms with Crippen LogP contribution in [0.4, 0.5) is 11.6 Å². The molecule has 3 rings (SSSR count). The van der Waals surface area contributed by atoms with Gasteiger partial charge in [0, 0.05) is 20.8 Å². The fourth-order valence-electron chi connectivity index (χ4n) is 2.96. The van der Waals surface area contributed by atoms with E-state index in [4.69, 9.17) is 11.6 Å². The van der Waals surface area contributed by atoms with Gasteiger partial charge in [0.25, 0.3) is 0 Å². The summed E-state index contributed by atoms with van der Waals surface area (Å²) in [5.74, 6) is 0.944. The second kappa shape index (κ2) is 6.57. The molecule has 5 heteroatoms. The van der Waals surface area contributed by atoms with Crippen LogP contribution in [0.2, 0.25) is 5.02 Å². The standard InChI is InChI=1S/C16H19ClIN3/c1-11-10-21(13-5-3-2-4-6-13)16(19-11)20-15-8-7-12(17)9-14(15)18/h7-10,13H,2-6H2,1H3,(H,19,20). The van der Waals surface area contributed by atoms with Gasteiger partial charge in [-0.3, -0.25) is 0 Å². The second-order valence-corrected chi connectivity index (χ2v) is 7.25. The Hall–Kier alpha value is -0.750. The van der Waals surface area contributed by atoms with Gasteiger partial charge in [-0.05, 0) is 60.6 Å². The van der Waals surface area contributed by atoms with E-state index in [1.807, 2.05) is 18.2 Å². The van der Waals surface area contributed by atoms with Crippen LogP contribution >= 0.6 is 34.2 Å². The van der Waals surface area contributed by atoms with Gasteiger partial charge >= 0.3 is 0 Å². The number of hydrogen-bond acceptors (Lipinski definition) is 2. The highest BCUT2D eigenvalue weighted by Gasteiger charge is 2.19. The summed E-state index contributed by atoms with van der Waals surface area (Å²) < 4.78 is 3.43. The second-order valence-electron chi connectivity index (χ2n) is 5.65. The minimum Gasteiger partial charge on any atom is -0.325 e. The molecule has 0 aliphatic heterocycles. The fraction of sp³-hybridized carbons (Fsp3) is 0.438. The Labute approximate surface area is 144 Å². The molecule has 1 aliphatic carbocycles. The molecule has 21 heavy (non-hydrogen) atoms. The number of rotatable bonds is 3. The zero-order valence-electron chi connectivity index (χ0n) is 12.1. The first-order valence-corrected chi connectivity index (χ1v) is 8.87. The molecule has 0 bridgehead atoms. The fourth-order valence-corrected chi connectivity index (χ4v) is 3.96. The van der Waals surface area contributed by atoms with Crippen molar-refractivity contribution in [3.05, 3.63) is 38.7 Å². The van der Waals surface area contributed by atoms with Gasteiger partial charge in [0.05, 0.1) is 11.4 Å². The Kier molecular flexibility index (Phi) is 4.74. The Morgan fingerprint density at radius 1 is 1.29 bits per heavy atom. The van der Waals surface area contributed by atoms with Crippen molar-refractivity contribution in [2.24, 2.45) is 0 Å². The average molecular weight is 416 g/mol. The van der Waals surface area contributed by atoms with Crippen molar-refractivity contribution < 1.29 is 0 Å². The lowest BCUT2D eigenvalue weighted by Gasteiger charge is -2.25. The van der Waals surface area contributed by atoms with Crippen LogP contribution in [0.1, 0.15) is 43.8 Å². The van der Waals surface area contributed by atoms with Gasteiger partial charge in [0.15, 0.2) is 0 Å². The summed E-state index contributed by atoms with van der Waals surface area (Å²) in [6, 6.07) is 6.46. The SMILES string of the molecule is Cc1cn(C2CCCCC2)c(Nc2ccc(Cl)cc2I)n1. The van der Waals surface area contributed by atoms with Crippen LogP contribution in [0.25, 0.3) is 0 Å². The van der Waals surface area contributed by atoms with Crippen LogP contribution in [-0.4, -0.2) is 9.55 Å². The Morgan fingerprint density at radius 3 is 2.76 bits per heavy atom. The van der Waals surface area contributed by atoms with E-state index in [1.54, 1.807) is 0 Å². The first-order valence-electron chi connectivity index (χ1n) is 7.41. The normalized spacial score (nSPS) is 16.1. The summed E-state index contributed by atoms with van der Waals surface area (Å²) in [4.78, 5) is 4.66. The van der Waals surface area contributed by atoms with E-state index in [-0.39, 0.29) is 0 Å². The zero-order chi connectivity index (χ0) is 14.8. The maximum Gasteiger partial charge on any atom is 0.207 e. The van der Waals surface area contributed by atoms with E-state index in [1.165, 1.54) is 32.1 Å².